The topological polar surface area (TPSA) is 194 Å². The molecule has 0 radical (unpaired) electrons. The Balaban J connectivity index is 0.000000592. The van der Waals surface area contributed by atoms with Gasteiger partial charge in [-0.25, -0.2) is 4.79 Å². The number of carboxylic acid groups (broad SMARTS) is 2. The number of rotatable bonds is 7. The molecule has 0 saturated carbocycles. The molecule has 180 valence electrons. The Morgan fingerprint density at radius 2 is 1.68 bits per heavy atom. The SMILES string of the molecule is N[C@]1(C(=O)O)CN(S(=O)(=O)N2CCNCC2)C[C@H]1CCCB(O)O.O=C(O)C(F)(F)F. The normalized spacial score (nSPS) is 25.5. The van der Waals surface area contributed by atoms with Crippen molar-refractivity contribution in [2.45, 2.75) is 30.9 Å². The van der Waals surface area contributed by atoms with Gasteiger partial charge < -0.3 is 31.3 Å². The molecule has 2 aliphatic rings. The van der Waals surface area contributed by atoms with Gasteiger partial charge >= 0.3 is 25.2 Å². The first kappa shape index (κ1) is 27.5. The van der Waals surface area contributed by atoms with E-state index >= 15 is 0 Å². The Morgan fingerprint density at radius 1 is 1.16 bits per heavy atom. The van der Waals surface area contributed by atoms with E-state index in [1.54, 1.807) is 0 Å². The number of alkyl halides is 3. The first-order valence-corrected chi connectivity index (χ1v) is 10.7. The van der Waals surface area contributed by atoms with Crippen molar-refractivity contribution in [3.8, 4) is 0 Å². The van der Waals surface area contributed by atoms with Crippen LogP contribution in [0.25, 0.3) is 0 Å². The molecule has 0 bridgehead atoms. The number of halogens is 3. The maximum absolute atomic E-state index is 12.7. The number of aliphatic carboxylic acids is 2. The monoisotopic (exact) mass is 478 g/mol. The molecule has 2 fully saturated rings. The number of nitrogens with two attached hydrogens (primary N) is 1. The quantitative estimate of drug-likeness (QED) is 0.218. The van der Waals surface area contributed by atoms with Gasteiger partial charge in [0.15, 0.2) is 0 Å². The maximum atomic E-state index is 12.7. The zero-order valence-corrected chi connectivity index (χ0v) is 17.3. The fraction of sp³-hybridized carbons (Fsp3) is 0.857. The van der Waals surface area contributed by atoms with Crippen molar-refractivity contribution in [1.82, 2.24) is 13.9 Å². The summed E-state index contributed by atoms with van der Waals surface area (Å²) in [7, 11) is -5.22. The molecule has 2 aliphatic heterocycles. The van der Waals surface area contributed by atoms with Gasteiger partial charge in [-0.3, -0.25) is 4.79 Å². The molecule has 0 aromatic rings. The van der Waals surface area contributed by atoms with Gasteiger partial charge in [-0.05, 0) is 12.7 Å². The van der Waals surface area contributed by atoms with E-state index in [-0.39, 0.29) is 19.4 Å². The van der Waals surface area contributed by atoms with E-state index in [2.05, 4.69) is 5.32 Å². The molecule has 2 atom stereocenters. The van der Waals surface area contributed by atoms with Gasteiger partial charge in [-0.15, -0.1) is 0 Å². The minimum atomic E-state index is -5.08. The van der Waals surface area contributed by atoms with E-state index in [0.29, 0.717) is 39.0 Å². The van der Waals surface area contributed by atoms with Crippen molar-refractivity contribution in [2.24, 2.45) is 11.7 Å². The fourth-order valence-corrected chi connectivity index (χ4v) is 4.96. The van der Waals surface area contributed by atoms with Gasteiger partial charge in [0.25, 0.3) is 10.2 Å². The van der Waals surface area contributed by atoms with E-state index in [0.717, 1.165) is 4.31 Å². The van der Waals surface area contributed by atoms with Crippen molar-refractivity contribution >= 4 is 29.3 Å². The van der Waals surface area contributed by atoms with Crippen molar-refractivity contribution in [1.29, 1.82) is 0 Å². The van der Waals surface area contributed by atoms with Gasteiger partial charge in [-0.1, -0.05) is 6.42 Å². The highest BCUT2D eigenvalue weighted by atomic mass is 32.2. The average molecular weight is 478 g/mol. The van der Waals surface area contributed by atoms with Gasteiger partial charge in [-0.2, -0.15) is 30.2 Å². The molecule has 12 nitrogen and oxygen atoms in total. The number of carboxylic acids is 2. The van der Waals surface area contributed by atoms with Crippen LogP contribution in [0.5, 0.6) is 0 Å². The van der Waals surface area contributed by atoms with Gasteiger partial charge in [0.05, 0.1) is 0 Å². The van der Waals surface area contributed by atoms with Gasteiger partial charge in [0.1, 0.15) is 5.54 Å². The number of hydrogen-bond acceptors (Lipinski definition) is 8. The molecule has 17 heteroatoms. The van der Waals surface area contributed by atoms with Crippen LogP contribution in [0.15, 0.2) is 0 Å². The van der Waals surface area contributed by atoms with Crippen molar-refractivity contribution in [3.63, 3.8) is 0 Å². The summed E-state index contributed by atoms with van der Waals surface area (Å²) in [5.41, 5.74) is 4.35. The number of carbonyl (C=O) groups is 2. The maximum Gasteiger partial charge on any atom is 0.490 e. The third kappa shape index (κ3) is 7.55. The number of hydrogen-bond donors (Lipinski definition) is 6. The van der Waals surface area contributed by atoms with Crippen molar-refractivity contribution in [3.05, 3.63) is 0 Å². The summed E-state index contributed by atoms with van der Waals surface area (Å²) >= 11 is 0. The van der Waals surface area contributed by atoms with Crippen molar-refractivity contribution < 1.29 is 51.4 Å². The number of nitrogens with zero attached hydrogens (tertiary/aromatic N) is 2. The first-order valence-electron chi connectivity index (χ1n) is 9.26. The zero-order valence-electron chi connectivity index (χ0n) is 16.5. The largest absolute Gasteiger partial charge is 0.490 e. The third-order valence-electron chi connectivity index (χ3n) is 4.97. The van der Waals surface area contributed by atoms with Crippen LogP contribution in [0, 0.1) is 5.92 Å². The molecule has 0 unspecified atom stereocenters. The summed E-state index contributed by atoms with van der Waals surface area (Å²) in [5, 5.41) is 37.5. The summed E-state index contributed by atoms with van der Waals surface area (Å²) in [6.07, 6.45) is -4.32. The Morgan fingerprint density at radius 3 is 2.10 bits per heavy atom. The highest BCUT2D eigenvalue weighted by Crippen LogP contribution is 2.33. The average Bonchev–Trinajstić information content (AvgIpc) is 3.01. The lowest BCUT2D eigenvalue weighted by Gasteiger charge is -2.30. The van der Waals surface area contributed by atoms with E-state index in [1.165, 1.54) is 4.31 Å². The molecule has 0 aliphatic carbocycles. The lowest BCUT2D eigenvalue weighted by molar-refractivity contribution is -0.192. The molecule has 0 aromatic carbocycles. The molecule has 7 N–H and O–H groups in total. The van der Waals surface area contributed by atoms with Crippen LogP contribution in [-0.2, 0) is 19.8 Å². The summed E-state index contributed by atoms with van der Waals surface area (Å²) in [5.74, 6) is -4.58. The molecule has 0 amide bonds. The number of nitrogens with one attached hydrogen (secondary N) is 1. The zero-order chi connectivity index (χ0) is 24.0. The highest BCUT2D eigenvalue weighted by Gasteiger charge is 2.53. The second-order valence-corrected chi connectivity index (χ2v) is 9.13. The summed E-state index contributed by atoms with van der Waals surface area (Å²) in [4.78, 5) is 20.5. The Hall–Kier alpha value is -1.50. The molecule has 31 heavy (non-hydrogen) atoms. The summed E-state index contributed by atoms with van der Waals surface area (Å²) in [6, 6.07) is 0. The van der Waals surface area contributed by atoms with Gasteiger partial charge in [0, 0.05) is 45.2 Å². The van der Waals surface area contributed by atoms with E-state index < -0.39 is 46.9 Å². The smallest absolute Gasteiger partial charge is 0.480 e. The second-order valence-electron chi connectivity index (χ2n) is 7.21. The van der Waals surface area contributed by atoms with Gasteiger partial charge in [0.2, 0.25) is 0 Å². The van der Waals surface area contributed by atoms with E-state index in [9.17, 15) is 31.5 Å². The van der Waals surface area contributed by atoms with Crippen LogP contribution in [0.3, 0.4) is 0 Å². The van der Waals surface area contributed by atoms with E-state index in [1.807, 2.05) is 0 Å². The highest BCUT2D eigenvalue weighted by molar-refractivity contribution is 7.86. The van der Waals surface area contributed by atoms with Crippen molar-refractivity contribution in [2.75, 3.05) is 39.3 Å². The van der Waals surface area contributed by atoms with Crippen LogP contribution in [0.1, 0.15) is 12.8 Å². The lowest BCUT2D eigenvalue weighted by atomic mass is 9.78. The van der Waals surface area contributed by atoms with E-state index in [4.69, 9.17) is 25.7 Å². The van der Waals surface area contributed by atoms with Crippen LogP contribution in [0.4, 0.5) is 13.2 Å². The molecule has 2 heterocycles. The minimum Gasteiger partial charge on any atom is -0.480 e. The molecule has 0 aromatic heterocycles. The third-order valence-corrected chi connectivity index (χ3v) is 6.92. The fourth-order valence-electron chi connectivity index (χ4n) is 3.25. The predicted molar refractivity (Wildman–Crippen MR) is 101 cm³/mol. The molecular formula is C14H26BF3N4O8S. The summed E-state index contributed by atoms with van der Waals surface area (Å²) < 4.78 is 59.7. The van der Waals surface area contributed by atoms with Crippen LogP contribution < -0.4 is 11.1 Å². The van der Waals surface area contributed by atoms with Crippen LogP contribution in [-0.4, -0.2) is 107 Å². The molecular weight excluding hydrogens is 452 g/mol. The number of piperazine rings is 1. The van der Waals surface area contributed by atoms with Crippen LogP contribution >= 0.6 is 0 Å². The molecule has 0 spiro atoms. The molecule has 2 saturated heterocycles. The standard InChI is InChI=1S/C12H25BN4O6S.C2HF3O2/c14-12(11(18)19)9-17(8-10(12)2-1-3-13(20)21)24(22,23)16-6-4-15-5-7-16;3-2(4,5)1(6)7/h10,15,20-21H,1-9,14H2,(H,18,19);(H,6,7)/t10-,12-;/m1./s1. The summed E-state index contributed by atoms with van der Waals surface area (Å²) in [6.45, 7) is 1.53. The lowest BCUT2D eigenvalue weighted by Crippen LogP contribution is -2.56. The second kappa shape index (κ2) is 10.9. The molecule has 2 rings (SSSR count). The Kier molecular flexibility index (Phi) is 9.67. The predicted octanol–water partition coefficient (Wildman–Crippen LogP) is -2.26. The minimum absolute atomic E-state index is 0.0244. The van der Waals surface area contributed by atoms with Crippen LogP contribution in [0.2, 0.25) is 6.32 Å². The Labute approximate surface area is 177 Å². The first-order chi connectivity index (χ1) is 14.1. The Bertz CT molecular complexity index is 736.